The van der Waals surface area contributed by atoms with Gasteiger partial charge in [0.25, 0.3) is 10.0 Å². The molecule has 2 aliphatic rings. The monoisotopic (exact) mass is 458 g/mol. The number of imide groups is 1. The zero-order chi connectivity index (χ0) is 22.9. The van der Waals surface area contributed by atoms with Gasteiger partial charge in [-0.25, -0.2) is 8.42 Å². The lowest BCUT2D eigenvalue weighted by Crippen LogP contribution is -2.44. The predicted molar refractivity (Wildman–Crippen MR) is 122 cm³/mol. The summed E-state index contributed by atoms with van der Waals surface area (Å²) in [6.45, 7) is 3.79. The van der Waals surface area contributed by atoms with Crippen LogP contribution in [0.2, 0.25) is 0 Å². The molecule has 0 unspecified atom stereocenters. The number of methoxy groups -OCH3 is 1. The van der Waals surface area contributed by atoms with Gasteiger partial charge < -0.3 is 14.5 Å². The number of likely N-dealkylation sites (N-methyl/N-ethyl adjacent to an activating group) is 1. The molecule has 4 rings (SSSR count). The van der Waals surface area contributed by atoms with Crippen molar-refractivity contribution in [2.24, 2.45) is 0 Å². The molecule has 2 fully saturated rings. The van der Waals surface area contributed by atoms with Gasteiger partial charge in [-0.15, -0.1) is 0 Å². The van der Waals surface area contributed by atoms with E-state index in [9.17, 15) is 18.0 Å². The summed E-state index contributed by atoms with van der Waals surface area (Å²) >= 11 is 0. The van der Waals surface area contributed by atoms with Crippen molar-refractivity contribution in [2.45, 2.75) is 17.7 Å². The SMILES string of the molecule is COc1ccc(N2C(=O)CCC2=O)cc1S(=O)(=O)Nc1ccc(N2CCN(C)CC2)cc1. The minimum absolute atomic E-state index is 0.116. The van der Waals surface area contributed by atoms with Gasteiger partial charge in [-0.3, -0.25) is 19.2 Å². The molecule has 2 heterocycles. The van der Waals surface area contributed by atoms with Crippen molar-refractivity contribution in [1.82, 2.24) is 4.90 Å². The van der Waals surface area contributed by atoms with E-state index in [-0.39, 0.29) is 41.0 Å². The number of amides is 2. The fraction of sp³-hybridized carbons (Fsp3) is 0.364. The number of nitrogens with zero attached hydrogens (tertiary/aromatic N) is 3. The Balaban J connectivity index is 1.57. The van der Waals surface area contributed by atoms with E-state index < -0.39 is 10.0 Å². The lowest BCUT2D eigenvalue weighted by atomic mass is 10.2. The lowest BCUT2D eigenvalue weighted by molar-refractivity contribution is -0.121. The Labute approximate surface area is 187 Å². The molecule has 2 aliphatic heterocycles. The number of nitrogens with one attached hydrogen (secondary N) is 1. The predicted octanol–water partition coefficient (Wildman–Crippen LogP) is 1.90. The minimum Gasteiger partial charge on any atom is -0.495 e. The second-order valence-electron chi connectivity index (χ2n) is 7.90. The van der Waals surface area contributed by atoms with E-state index >= 15 is 0 Å². The highest BCUT2D eigenvalue weighted by Gasteiger charge is 2.32. The van der Waals surface area contributed by atoms with Crippen LogP contribution in [-0.2, 0) is 19.6 Å². The second kappa shape index (κ2) is 8.79. The average molecular weight is 459 g/mol. The van der Waals surface area contributed by atoms with Crippen LogP contribution >= 0.6 is 0 Å². The Morgan fingerprint density at radius 1 is 0.875 bits per heavy atom. The van der Waals surface area contributed by atoms with Gasteiger partial charge in [-0.05, 0) is 49.5 Å². The third-order valence-electron chi connectivity index (χ3n) is 5.73. The quantitative estimate of drug-likeness (QED) is 0.660. The maximum absolute atomic E-state index is 13.1. The van der Waals surface area contributed by atoms with Gasteiger partial charge >= 0.3 is 0 Å². The highest BCUT2D eigenvalue weighted by Crippen LogP contribution is 2.32. The van der Waals surface area contributed by atoms with Crippen LogP contribution in [0.15, 0.2) is 47.4 Å². The van der Waals surface area contributed by atoms with Crippen LogP contribution in [0.1, 0.15) is 12.8 Å². The Kier molecular flexibility index (Phi) is 6.07. The first-order valence-corrected chi connectivity index (χ1v) is 11.9. The second-order valence-corrected chi connectivity index (χ2v) is 9.55. The molecular weight excluding hydrogens is 432 g/mol. The van der Waals surface area contributed by atoms with Crippen molar-refractivity contribution < 1.29 is 22.7 Å². The fourth-order valence-corrected chi connectivity index (χ4v) is 5.14. The van der Waals surface area contributed by atoms with Crippen LogP contribution in [0, 0.1) is 0 Å². The maximum atomic E-state index is 13.1. The van der Waals surface area contributed by atoms with Crippen LogP contribution < -0.4 is 19.3 Å². The van der Waals surface area contributed by atoms with E-state index in [2.05, 4.69) is 21.6 Å². The molecule has 2 aromatic rings. The van der Waals surface area contributed by atoms with Crippen LogP contribution in [0.4, 0.5) is 17.1 Å². The highest BCUT2D eigenvalue weighted by molar-refractivity contribution is 7.92. The molecule has 2 saturated heterocycles. The lowest BCUT2D eigenvalue weighted by Gasteiger charge is -2.34. The number of benzene rings is 2. The van der Waals surface area contributed by atoms with Crippen LogP contribution in [0.25, 0.3) is 0 Å². The zero-order valence-electron chi connectivity index (χ0n) is 18.1. The van der Waals surface area contributed by atoms with Crippen molar-refractivity contribution in [2.75, 3.05) is 54.9 Å². The molecule has 0 spiro atoms. The van der Waals surface area contributed by atoms with Crippen molar-refractivity contribution in [3.8, 4) is 5.75 Å². The van der Waals surface area contributed by atoms with E-state index in [1.807, 2.05) is 12.1 Å². The molecule has 1 N–H and O–H groups in total. The molecule has 170 valence electrons. The topological polar surface area (TPSA) is 99.3 Å². The zero-order valence-corrected chi connectivity index (χ0v) is 18.9. The Morgan fingerprint density at radius 2 is 1.47 bits per heavy atom. The standard InChI is InChI=1S/C22H26N4O5S/c1-24-11-13-25(14-12-24)17-5-3-16(4-6-17)23-32(29,30)20-15-18(7-8-19(20)31-2)26-21(27)9-10-22(26)28/h3-8,15,23H,9-14H2,1-2H3. The summed E-state index contributed by atoms with van der Waals surface area (Å²) in [6, 6.07) is 11.4. The van der Waals surface area contributed by atoms with E-state index in [0.717, 1.165) is 36.8 Å². The number of carbonyl (C=O) groups excluding carboxylic acids is 2. The molecule has 0 bridgehead atoms. The normalized spacial score (nSPS) is 17.7. The number of piperazine rings is 1. The summed E-state index contributed by atoms with van der Waals surface area (Å²) in [5.74, 6) is -0.582. The van der Waals surface area contributed by atoms with Gasteiger partial charge in [0.15, 0.2) is 0 Å². The van der Waals surface area contributed by atoms with E-state index in [1.54, 1.807) is 12.1 Å². The van der Waals surface area contributed by atoms with E-state index in [1.165, 1.54) is 25.3 Å². The number of hydrogen-bond donors (Lipinski definition) is 1. The first kappa shape index (κ1) is 22.1. The van der Waals surface area contributed by atoms with Crippen molar-refractivity contribution in [3.05, 3.63) is 42.5 Å². The van der Waals surface area contributed by atoms with Gasteiger partial charge in [-0.1, -0.05) is 0 Å². The average Bonchev–Trinajstić information content (AvgIpc) is 3.12. The Hall–Kier alpha value is -3.11. The summed E-state index contributed by atoms with van der Waals surface area (Å²) in [5, 5.41) is 0. The van der Waals surface area contributed by atoms with Gasteiger partial charge in [0, 0.05) is 50.4 Å². The number of sulfonamides is 1. The van der Waals surface area contributed by atoms with Gasteiger partial charge in [-0.2, -0.15) is 0 Å². The van der Waals surface area contributed by atoms with Crippen molar-refractivity contribution in [1.29, 1.82) is 0 Å². The Morgan fingerprint density at radius 3 is 2.06 bits per heavy atom. The number of hydrogen-bond acceptors (Lipinski definition) is 7. The summed E-state index contributed by atoms with van der Waals surface area (Å²) in [6.07, 6.45) is 0.232. The largest absolute Gasteiger partial charge is 0.495 e. The van der Waals surface area contributed by atoms with Crippen LogP contribution in [-0.4, -0.2) is 65.5 Å². The molecule has 0 aromatic heterocycles. The molecule has 2 amide bonds. The van der Waals surface area contributed by atoms with Crippen molar-refractivity contribution >= 4 is 38.9 Å². The van der Waals surface area contributed by atoms with Crippen LogP contribution in [0.5, 0.6) is 5.75 Å². The van der Waals surface area contributed by atoms with E-state index in [4.69, 9.17) is 4.74 Å². The van der Waals surface area contributed by atoms with Gasteiger partial charge in [0.05, 0.1) is 12.8 Å². The molecular formula is C22H26N4O5S. The molecule has 32 heavy (non-hydrogen) atoms. The summed E-state index contributed by atoms with van der Waals surface area (Å²) in [4.78, 5) is 29.5. The molecule has 0 saturated carbocycles. The summed E-state index contributed by atoms with van der Waals surface area (Å²) < 4.78 is 34.1. The molecule has 10 heteroatoms. The smallest absolute Gasteiger partial charge is 0.265 e. The number of carbonyl (C=O) groups is 2. The third-order valence-corrected chi connectivity index (χ3v) is 7.14. The molecule has 2 aromatic carbocycles. The number of anilines is 3. The number of rotatable bonds is 6. The van der Waals surface area contributed by atoms with Gasteiger partial charge in [0.2, 0.25) is 11.8 Å². The van der Waals surface area contributed by atoms with E-state index in [0.29, 0.717) is 5.69 Å². The third kappa shape index (κ3) is 4.42. The minimum atomic E-state index is -4.03. The highest BCUT2D eigenvalue weighted by atomic mass is 32.2. The molecule has 0 radical (unpaired) electrons. The molecule has 0 atom stereocenters. The molecule has 9 nitrogen and oxygen atoms in total. The summed E-state index contributed by atoms with van der Waals surface area (Å²) in [7, 11) is -0.575. The Bertz CT molecular complexity index is 1110. The first-order chi connectivity index (χ1) is 15.3. The van der Waals surface area contributed by atoms with Crippen molar-refractivity contribution in [3.63, 3.8) is 0 Å². The maximum Gasteiger partial charge on any atom is 0.265 e. The number of ether oxygens (including phenoxy) is 1. The molecule has 0 aliphatic carbocycles. The van der Waals surface area contributed by atoms with Gasteiger partial charge in [0.1, 0.15) is 10.6 Å². The first-order valence-electron chi connectivity index (χ1n) is 10.4. The fourth-order valence-electron chi connectivity index (χ4n) is 3.89. The van der Waals surface area contributed by atoms with Crippen LogP contribution in [0.3, 0.4) is 0 Å². The summed E-state index contributed by atoms with van der Waals surface area (Å²) in [5.41, 5.74) is 1.65.